The highest BCUT2D eigenvalue weighted by Gasteiger charge is 2.30. The van der Waals surface area contributed by atoms with Crippen LogP contribution in [-0.4, -0.2) is 14.3 Å². The standard InChI is InChI=1S/C22H24N2O5S2/c1-22(2,3)15-5-8-18-14(10-15)12-19(30-18)21(26)23-24-31(27,28)16-6-7-17-13(11-16)4-9-20(25)29-17/h4,6-7,9,11-12,15,24H,5,8,10H2,1-3H3,(H,23,26). The van der Waals surface area contributed by atoms with Crippen LogP contribution in [0.2, 0.25) is 0 Å². The predicted molar refractivity (Wildman–Crippen MR) is 120 cm³/mol. The second-order valence-electron chi connectivity index (χ2n) is 8.88. The van der Waals surface area contributed by atoms with E-state index in [4.69, 9.17) is 4.42 Å². The number of rotatable bonds is 4. The van der Waals surface area contributed by atoms with E-state index in [0.29, 0.717) is 16.2 Å². The van der Waals surface area contributed by atoms with Crippen molar-refractivity contribution >= 4 is 38.2 Å². The van der Waals surface area contributed by atoms with Crippen molar-refractivity contribution in [1.29, 1.82) is 0 Å². The summed E-state index contributed by atoms with van der Waals surface area (Å²) in [7, 11) is -3.99. The van der Waals surface area contributed by atoms with E-state index in [2.05, 4.69) is 31.0 Å². The van der Waals surface area contributed by atoms with Gasteiger partial charge in [-0.05, 0) is 66.5 Å². The van der Waals surface area contributed by atoms with Crippen LogP contribution in [0.25, 0.3) is 11.0 Å². The molecular weight excluding hydrogens is 436 g/mol. The van der Waals surface area contributed by atoms with E-state index in [1.807, 2.05) is 6.07 Å². The summed E-state index contributed by atoms with van der Waals surface area (Å²) < 4.78 is 30.2. The summed E-state index contributed by atoms with van der Waals surface area (Å²) in [6.07, 6.45) is 2.96. The van der Waals surface area contributed by atoms with Crippen molar-refractivity contribution in [2.75, 3.05) is 0 Å². The Hall–Kier alpha value is -2.49. The number of carbonyl (C=O) groups excluding carboxylic acids is 1. The lowest BCUT2D eigenvalue weighted by Crippen LogP contribution is -2.41. The minimum Gasteiger partial charge on any atom is -0.423 e. The van der Waals surface area contributed by atoms with Gasteiger partial charge >= 0.3 is 5.63 Å². The normalized spacial score (nSPS) is 16.8. The van der Waals surface area contributed by atoms with Gasteiger partial charge in [-0.2, -0.15) is 0 Å². The zero-order valence-corrected chi connectivity index (χ0v) is 19.2. The number of hydrazine groups is 1. The minimum atomic E-state index is -3.99. The van der Waals surface area contributed by atoms with E-state index in [1.165, 1.54) is 52.1 Å². The number of carbonyl (C=O) groups is 1. The van der Waals surface area contributed by atoms with Gasteiger partial charge in [-0.1, -0.05) is 20.8 Å². The van der Waals surface area contributed by atoms with Crippen LogP contribution in [0, 0.1) is 11.3 Å². The van der Waals surface area contributed by atoms with Crippen molar-refractivity contribution < 1.29 is 17.6 Å². The zero-order chi connectivity index (χ0) is 22.4. The SMILES string of the molecule is CC(C)(C)C1CCc2sc(C(=O)NNS(=O)(=O)c3ccc4oc(=O)ccc4c3)cc2C1. The number of thiophene rings is 1. The van der Waals surface area contributed by atoms with Crippen LogP contribution < -0.4 is 15.9 Å². The highest BCUT2D eigenvalue weighted by molar-refractivity contribution is 7.89. The van der Waals surface area contributed by atoms with Crippen LogP contribution >= 0.6 is 11.3 Å². The minimum absolute atomic E-state index is 0.0485. The second-order valence-corrected chi connectivity index (χ2v) is 11.7. The van der Waals surface area contributed by atoms with Crippen molar-refractivity contribution in [1.82, 2.24) is 10.3 Å². The van der Waals surface area contributed by atoms with Crippen molar-refractivity contribution in [3.8, 4) is 0 Å². The maximum atomic E-state index is 12.6. The molecule has 0 aliphatic heterocycles. The van der Waals surface area contributed by atoms with Gasteiger partial charge in [0, 0.05) is 16.3 Å². The largest absolute Gasteiger partial charge is 0.423 e. The maximum absolute atomic E-state index is 12.6. The lowest BCUT2D eigenvalue weighted by molar-refractivity contribution is 0.0949. The molecule has 1 aliphatic carbocycles. The highest BCUT2D eigenvalue weighted by Crippen LogP contribution is 2.40. The average molecular weight is 461 g/mol. The fourth-order valence-electron chi connectivity index (χ4n) is 3.83. The fourth-order valence-corrected chi connectivity index (χ4v) is 5.80. The number of hydrogen-bond acceptors (Lipinski definition) is 6. The van der Waals surface area contributed by atoms with Gasteiger partial charge in [0.05, 0.1) is 9.77 Å². The third-order valence-electron chi connectivity index (χ3n) is 5.73. The topological polar surface area (TPSA) is 105 Å². The summed E-state index contributed by atoms with van der Waals surface area (Å²) in [5, 5.41) is 0.466. The van der Waals surface area contributed by atoms with Crippen LogP contribution in [0.1, 0.15) is 47.3 Å². The molecule has 1 unspecified atom stereocenters. The number of nitrogens with one attached hydrogen (secondary N) is 2. The molecule has 2 aromatic heterocycles. The predicted octanol–water partition coefficient (Wildman–Crippen LogP) is 3.63. The number of aryl methyl sites for hydroxylation is 1. The lowest BCUT2D eigenvalue weighted by Gasteiger charge is -2.33. The van der Waals surface area contributed by atoms with Crippen molar-refractivity contribution in [2.24, 2.45) is 11.3 Å². The smallest absolute Gasteiger partial charge is 0.336 e. The lowest BCUT2D eigenvalue weighted by atomic mass is 9.72. The first kappa shape index (κ1) is 21.7. The second kappa shape index (κ2) is 7.89. The molecule has 2 N–H and O–H groups in total. The van der Waals surface area contributed by atoms with Crippen LogP contribution in [0.4, 0.5) is 0 Å². The first-order valence-electron chi connectivity index (χ1n) is 10.0. The molecule has 0 bridgehead atoms. The molecule has 2 heterocycles. The third-order valence-corrected chi connectivity index (χ3v) is 8.21. The first-order chi connectivity index (χ1) is 14.5. The van der Waals surface area contributed by atoms with E-state index in [9.17, 15) is 18.0 Å². The van der Waals surface area contributed by atoms with E-state index in [-0.39, 0.29) is 15.9 Å². The molecule has 9 heteroatoms. The molecule has 1 aliphatic rings. The van der Waals surface area contributed by atoms with Crippen LogP contribution in [0.5, 0.6) is 0 Å². The van der Waals surface area contributed by atoms with Crippen LogP contribution in [-0.2, 0) is 22.9 Å². The molecule has 1 atom stereocenters. The Morgan fingerprint density at radius 2 is 1.94 bits per heavy atom. The molecule has 1 amide bonds. The Morgan fingerprint density at radius 1 is 1.16 bits per heavy atom. The molecule has 164 valence electrons. The molecule has 0 saturated heterocycles. The Balaban J connectivity index is 1.47. The van der Waals surface area contributed by atoms with Crippen molar-refractivity contribution in [3.63, 3.8) is 0 Å². The Labute approximate surface area is 184 Å². The van der Waals surface area contributed by atoms with Crippen molar-refractivity contribution in [3.05, 3.63) is 62.1 Å². The average Bonchev–Trinajstić information content (AvgIpc) is 3.14. The molecule has 1 aromatic carbocycles. The van der Waals surface area contributed by atoms with Gasteiger partial charge in [-0.25, -0.2) is 13.2 Å². The first-order valence-corrected chi connectivity index (χ1v) is 12.3. The molecule has 0 saturated carbocycles. The van der Waals surface area contributed by atoms with Gasteiger partial charge in [0.2, 0.25) is 0 Å². The molecule has 4 rings (SSSR count). The van der Waals surface area contributed by atoms with Gasteiger partial charge in [-0.15, -0.1) is 16.2 Å². The van der Waals surface area contributed by atoms with Gasteiger partial charge in [0.1, 0.15) is 5.58 Å². The van der Waals surface area contributed by atoms with Crippen molar-refractivity contribution in [2.45, 2.75) is 44.9 Å². The molecule has 0 fully saturated rings. The number of amides is 1. The van der Waals surface area contributed by atoms with E-state index in [0.717, 1.165) is 19.3 Å². The van der Waals surface area contributed by atoms with Gasteiger partial charge in [0.25, 0.3) is 15.9 Å². The Kier molecular flexibility index (Phi) is 5.53. The van der Waals surface area contributed by atoms with Gasteiger partial charge < -0.3 is 4.42 Å². The van der Waals surface area contributed by atoms with E-state index >= 15 is 0 Å². The number of benzene rings is 1. The number of sulfonamides is 1. The molecule has 0 radical (unpaired) electrons. The summed E-state index contributed by atoms with van der Waals surface area (Å²) in [4.78, 5) is 27.7. The van der Waals surface area contributed by atoms with E-state index in [1.54, 1.807) is 0 Å². The highest BCUT2D eigenvalue weighted by atomic mass is 32.2. The summed E-state index contributed by atoms with van der Waals surface area (Å²) in [5.41, 5.74) is 3.47. The molecule has 31 heavy (non-hydrogen) atoms. The van der Waals surface area contributed by atoms with Gasteiger partial charge in [0.15, 0.2) is 0 Å². The summed E-state index contributed by atoms with van der Waals surface area (Å²) in [5.74, 6) is 0.0726. The number of fused-ring (bicyclic) bond motifs is 2. The van der Waals surface area contributed by atoms with Gasteiger partial charge in [-0.3, -0.25) is 10.2 Å². The molecule has 7 nitrogen and oxygen atoms in total. The fraction of sp³-hybridized carbons (Fsp3) is 0.364. The Morgan fingerprint density at radius 3 is 2.68 bits per heavy atom. The summed E-state index contributed by atoms with van der Waals surface area (Å²) >= 11 is 1.42. The van der Waals surface area contributed by atoms with Crippen LogP contribution in [0.3, 0.4) is 0 Å². The van der Waals surface area contributed by atoms with E-state index < -0.39 is 21.6 Å². The summed E-state index contributed by atoms with van der Waals surface area (Å²) in [6.45, 7) is 6.70. The molecule has 0 spiro atoms. The monoisotopic (exact) mass is 460 g/mol. The Bertz CT molecular complexity index is 1320. The van der Waals surface area contributed by atoms with Crippen LogP contribution in [0.15, 0.2) is 50.5 Å². The number of hydrogen-bond donors (Lipinski definition) is 2. The summed E-state index contributed by atoms with van der Waals surface area (Å²) in [6, 6.07) is 8.68. The molecular formula is C22H24N2O5S2. The maximum Gasteiger partial charge on any atom is 0.336 e. The zero-order valence-electron chi connectivity index (χ0n) is 17.5. The third kappa shape index (κ3) is 4.58. The quantitative estimate of drug-likeness (QED) is 0.457. The molecule has 3 aromatic rings.